The lowest BCUT2D eigenvalue weighted by atomic mass is 9.82. The molecule has 11 rings (SSSR count). The van der Waals surface area contributed by atoms with Gasteiger partial charge in [-0.25, -0.2) is 0 Å². The Labute approximate surface area is 315 Å². The van der Waals surface area contributed by atoms with Crippen molar-refractivity contribution < 1.29 is 4.42 Å². The third kappa shape index (κ3) is 4.28. The number of furan rings is 1. The van der Waals surface area contributed by atoms with Gasteiger partial charge in [0.05, 0.1) is 5.69 Å². The van der Waals surface area contributed by atoms with Crippen molar-refractivity contribution in [2.24, 2.45) is 0 Å². The molecule has 8 aromatic carbocycles. The normalized spacial score (nSPS) is 14.6. The highest BCUT2D eigenvalue weighted by Crippen LogP contribution is 2.54. The molecule has 0 fully saturated rings. The first kappa shape index (κ1) is 31.2. The lowest BCUT2D eigenvalue weighted by molar-refractivity contribution is 0.660. The van der Waals surface area contributed by atoms with Crippen molar-refractivity contribution in [1.29, 1.82) is 0 Å². The number of rotatable bonds is 4. The minimum absolute atomic E-state index is 0.129. The van der Waals surface area contributed by atoms with Gasteiger partial charge in [0, 0.05) is 43.7 Å². The number of nitrogens with zero attached hydrogens (tertiary/aromatic N) is 1. The van der Waals surface area contributed by atoms with Gasteiger partial charge in [0.15, 0.2) is 0 Å². The van der Waals surface area contributed by atoms with Crippen LogP contribution < -0.4 is 4.90 Å². The van der Waals surface area contributed by atoms with Gasteiger partial charge >= 0.3 is 0 Å². The summed E-state index contributed by atoms with van der Waals surface area (Å²) < 4.78 is 6.73. The predicted octanol–water partition coefficient (Wildman–Crippen LogP) is 14.5. The van der Waals surface area contributed by atoms with Crippen molar-refractivity contribution in [3.63, 3.8) is 0 Å². The van der Waals surface area contributed by atoms with Crippen molar-refractivity contribution in [2.75, 3.05) is 4.90 Å². The van der Waals surface area contributed by atoms with Crippen LogP contribution in [-0.2, 0) is 10.8 Å². The van der Waals surface area contributed by atoms with Gasteiger partial charge in [-0.15, -0.1) is 0 Å². The Bertz CT molecular complexity index is 2890. The topological polar surface area (TPSA) is 16.4 Å². The average Bonchev–Trinajstić information content (AvgIpc) is 3.78. The number of anilines is 3. The standard InChI is InChI=1S/C52H39NO/c1-51(2)44-20-12-10-16-36(44)38-25-23-34(29-46(38)51)53(35-24-26-39-37-17-11-13-21-45(37)52(3,4)47(39)30-35)48-31-43-42-28-33(32-14-6-5-7-15-32)22-27-49(42)54-50(43)41-19-9-8-18-40(41)48/h5-31H,1-4H3. The molecule has 1 aromatic heterocycles. The van der Waals surface area contributed by atoms with Crippen molar-refractivity contribution >= 4 is 49.8 Å². The summed E-state index contributed by atoms with van der Waals surface area (Å²) in [5.74, 6) is 0. The second-order valence-electron chi connectivity index (χ2n) is 16.1. The van der Waals surface area contributed by atoms with E-state index in [0.29, 0.717) is 0 Å². The molecule has 0 N–H and O–H groups in total. The molecule has 2 aliphatic rings. The van der Waals surface area contributed by atoms with Crippen molar-refractivity contribution in [1.82, 2.24) is 0 Å². The van der Waals surface area contributed by atoms with Crippen LogP contribution in [0.25, 0.3) is 66.1 Å². The van der Waals surface area contributed by atoms with Crippen molar-refractivity contribution in [3.05, 3.63) is 186 Å². The van der Waals surface area contributed by atoms with E-state index >= 15 is 0 Å². The van der Waals surface area contributed by atoms with E-state index in [2.05, 4.69) is 196 Å². The van der Waals surface area contributed by atoms with E-state index in [1.165, 1.54) is 55.6 Å². The van der Waals surface area contributed by atoms with E-state index in [1.54, 1.807) is 0 Å². The van der Waals surface area contributed by atoms with Gasteiger partial charge in [0.1, 0.15) is 11.2 Å². The van der Waals surface area contributed by atoms with Crippen LogP contribution >= 0.6 is 0 Å². The van der Waals surface area contributed by atoms with E-state index in [0.717, 1.165) is 49.8 Å². The molecule has 2 nitrogen and oxygen atoms in total. The quantitative estimate of drug-likeness (QED) is 0.182. The summed E-state index contributed by atoms with van der Waals surface area (Å²) in [4.78, 5) is 2.50. The Morgan fingerprint density at radius 3 is 1.56 bits per heavy atom. The first-order chi connectivity index (χ1) is 26.3. The van der Waals surface area contributed by atoms with Crippen LogP contribution in [0.15, 0.2) is 168 Å². The van der Waals surface area contributed by atoms with Gasteiger partial charge in [-0.3, -0.25) is 0 Å². The molecule has 0 radical (unpaired) electrons. The van der Waals surface area contributed by atoms with E-state index in [9.17, 15) is 0 Å². The monoisotopic (exact) mass is 693 g/mol. The zero-order chi connectivity index (χ0) is 36.3. The summed E-state index contributed by atoms with van der Waals surface area (Å²) in [6, 6.07) is 60.4. The first-order valence-electron chi connectivity index (χ1n) is 19.0. The summed E-state index contributed by atoms with van der Waals surface area (Å²) in [5.41, 5.74) is 18.1. The average molecular weight is 694 g/mol. The van der Waals surface area contributed by atoms with Crippen molar-refractivity contribution in [3.8, 4) is 33.4 Å². The molecule has 0 saturated carbocycles. The molecule has 2 aliphatic carbocycles. The molecule has 258 valence electrons. The molecule has 0 bridgehead atoms. The SMILES string of the molecule is CC1(C)c2ccccc2-c2ccc(N(c3ccc4c(c3)C(C)(C)c3ccccc3-4)c3cc4c5cc(-c6ccccc6)ccc5oc4c4ccccc34)cc21. The molecule has 1 heterocycles. The fourth-order valence-corrected chi connectivity index (χ4v) is 9.66. The van der Waals surface area contributed by atoms with Crippen LogP contribution in [0, 0.1) is 0 Å². The van der Waals surface area contributed by atoms with Crippen LogP contribution in [0.3, 0.4) is 0 Å². The molecule has 0 unspecified atom stereocenters. The zero-order valence-electron chi connectivity index (χ0n) is 30.9. The molecule has 0 atom stereocenters. The lowest BCUT2D eigenvalue weighted by Crippen LogP contribution is -2.18. The Kier molecular flexibility index (Phi) is 6.39. The third-order valence-electron chi connectivity index (χ3n) is 12.5. The molecule has 2 heteroatoms. The summed E-state index contributed by atoms with van der Waals surface area (Å²) in [7, 11) is 0. The van der Waals surface area contributed by atoms with Crippen LogP contribution in [0.1, 0.15) is 49.9 Å². The van der Waals surface area contributed by atoms with E-state index in [4.69, 9.17) is 4.42 Å². The van der Waals surface area contributed by atoms with Crippen LogP contribution in [0.2, 0.25) is 0 Å². The molecule has 0 spiro atoms. The van der Waals surface area contributed by atoms with Crippen LogP contribution in [-0.4, -0.2) is 0 Å². The van der Waals surface area contributed by atoms with Crippen LogP contribution in [0.5, 0.6) is 0 Å². The lowest BCUT2D eigenvalue weighted by Gasteiger charge is -2.30. The zero-order valence-corrected chi connectivity index (χ0v) is 30.9. The Morgan fingerprint density at radius 1 is 0.389 bits per heavy atom. The molecular weight excluding hydrogens is 655 g/mol. The summed E-state index contributed by atoms with van der Waals surface area (Å²) in [5, 5.41) is 4.49. The van der Waals surface area contributed by atoms with Gasteiger partial charge in [0.25, 0.3) is 0 Å². The minimum atomic E-state index is -0.129. The maximum Gasteiger partial charge on any atom is 0.143 e. The maximum absolute atomic E-state index is 6.73. The minimum Gasteiger partial charge on any atom is -0.455 e. The molecule has 0 amide bonds. The second-order valence-corrected chi connectivity index (χ2v) is 16.1. The first-order valence-corrected chi connectivity index (χ1v) is 19.0. The largest absolute Gasteiger partial charge is 0.455 e. The number of fused-ring (bicyclic) bond motifs is 11. The fraction of sp³-hybridized carbons (Fsp3) is 0.115. The smallest absolute Gasteiger partial charge is 0.143 e. The molecule has 0 aliphatic heterocycles. The fourth-order valence-electron chi connectivity index (χ4n) is 9.66. The maximum atomic E-state index is 6.73. The summed E-state index contributed by atoms with van der Waals surface area (Å²) in [6.07, 6.45) is 0. The number of benzene rings is 8. The number of hydrogen-bond donors (Lipinski definition) is 0. The van der Waals surface area contributed by atoms with E-state index in [-0.39, 0.29) is 10.8 Å². The van der Waals surface area contributed by atoms with E-state index < -0.39 is 0 Å². The number of hydrogen-bond acceptors (Lipinski definition) is 2. The highest BCUT2D eigenvalue weighted by molar-refractivity contribution is 6.20. The highest BCUT2D eigenvalue weighted by Gasteiger charge is 2.38. The predicted molar refractivity (Wildman–Crippen MR) is 226 cm³/mol. The summed E-state index contributed by atoms with van der Waals surface area (Å²) >= 11 is 0. The Balaban J connectivity index is 1.20. The third-order valence-corrected chi connectivity index (χ3v) is 12.5. The van der Waals surface area contributed by atoms with Gasteiger partial charge in [-0.2, -0.15) is 0 Å². The van der Waals surface area contributed by atoms with Gasteiger partial charge in [-0.1, -0.05) is 149 Å². The van der Waals surface area contributed by atoms with Gasteiger partial charge < -0.3 is 9.32 Å². The van der Waals surface area contributed by atoms with Gasteiger partial charge in [-0.05, 0) is 98.1 Å². The van der Waals surface area contributed by atoms with Gasteiger partial charge in [0.2, 0.25) is 0 Å². The summed E-state index contributed by atoms with van der Waals surface area (Å²) in [6.45, 7) is 9.46. The van der Waals surface area contributed by atoms with Crippen LogP contribution in [0.4, 0.5) is 17.1 Å². The molecule has 0 saturated heterocycles. The van der Waals surface area contributed by atoms with E-state index in [1.807, 2.05) is 0 Å². The molecular formula is C52H39NO. The highest BCUT2D eigenvalue weighted by atomic mass is 16.3. The Hall–Kier alpha value is -6.38. The molecule has 54 heavy (non-hydrogen) atoms. The Morgan fingerprint density at radius 2 is 0.926 bits per heavy atom. The van der Waals surface area contributed by atoms with Crippen molar-refractivity contribution in [2.45, 2.75) is 38.5 Å². The molecule has 9 aromatic rings. The second kappa shape index (κ2) is 11.1.